The molecule has 2 aromatic carbocycles. The summed E-state index contributed by atoms with van der Waals surface area (Å²) in [6.45, 7) is 2.78. The Morgan fingerprint density at radius 3 is 2.74 bits per heavy atom. The molecule has 0 saturated heterocycles. The standard InChI is InChI=1S/C15H14Cl2N2/c16-12-6-5-11(9-13(12)17)10-19-8-7-18-14-3-1-2-4-15(14)19/h1-6,9,18H,7-8,10H2. The highest BCUT2D eigenvalue weighted by Gasteiger charge is 2.16. The Morgan fingerprint density at radius 1 is 1.05 bits per heavy atom. The summed E-state index contributed by atoms with van der Waals surface area (Å²) in [5.41, 5.74) is 3.60. The minimum atomic E-state index is 0.603. The Hall–Kier alpha value is -1.38. The summed E-state index contributed by atoms with van der Waals surface area (Å²) in [5, 5.41) is 4.63. The molecule has 1 aliphatic rings. The van der Waals surface area contributed by atoms with Gasteiger partial charge in [0.1, 0.15) is 0 Å². The first-order valence-electron chi connectivity index (χ1n) is 6.26. The molecular formula is C15H14Cl2N2. The Bertz CT molecular complexity index is 598. The summed E-state index contributed by atoms with van der Waals surface area (Å²) in [6.07, 6.45) is 0. The lowest BCUT2D eigenvalue weighted by Crippen LogP contribution is -2.33. The normalized spacial score (nSPS) is 13.9. The van der Waals surface area contributed by atoms with Gasteiger partial charge in [-0.3, -0.25) is 0 Å². The molecule has 98 valence electrons. The fraction of sp³-hybridized carbons (Fsp3) is 0.200. The summed E-state index contributed by atoms with van der Waals surface area (Å²) < 4.78 is 0. The zero-order chi connectivity index (χ0) is 13.2. The molecule has 0 aliphatic carbocycles. The van der Waals surface area contributed by atoms with Crippen LogP contribution in [-0.4, -0.2) is 13.1 Å². The SMILES string of the molecule is Clc1ccc(CN2CCNc3ccccc32)cc1Cl. The summed E-state index contributed by atoms with van der Waals surface area (Å²) >= 11 is 12.0. The number of para-hydroxylation sites is 2. The first-order valence-corrected chi connectivity index (χ1v) is 7.01. The maximum Gasteiger partial charge on any atom is 0.0605 e. The van der Waals surface area contributed by atoms with Gasteiger partial charge in [-0.15, -0.1) is 0 Å². The molecule has 0 saturated carbocycles. The van der Waals surface area contributed by atoms with E-state index < -0.39 is 0 Å². The van der Waals surface area contributed by atoms with Crippen molar-refractivity contribution in [3.05, 3.63) is 58.1 Å². The van der Waals surface area contributed by atoms with E-state index in [1.165, 1.54) is 16.9 Å². The molecular weight excluding hydrogens is 279 g/mol. The number of nitrogens with zero attached hydrogens (tertiary/aromatic N) is 1. The van der Waals surface area contributed by atoms with Gasteiger partial charge in [0.05, 0.1) is 21.4 Å². The Balaban J connectivity index is 1.86. The Kier molecular flexibility index (Phi) is 3.54. The van der Waals surface area contributed by atoms with Crippen LogP contribution in [0.1, 0.15) is 5.56 Å². The first kappa shape index (κ1) is 12.6. The van der Waals surface area contributed by atoms with Crippen molar-refractivity contribution in [3.8, 4) is 0 Å². The van der Waals surface area contributed by atoms with Gasteiger partial charge in [0.25, 0.3) is 0 Å². The van der Waals surface area contributed by atoms with E-state index in [1.807, 2.05) is 18.2 Å². The lowest BCUT2D eigenvalue weighted by Gasteiger charge is -2.32. The third kappa shape index (κ3) is 2.65. The number of benzene rings is 2. The maximum atomic E-state index is 6.07. The molecule has 0 bridgehead atoms. The fourth-order valence-corrected chi connectivity index (χ4v) is 2.69. The second-order valence-corrected chi connectivity index (χ2v) is 5.43. The van der Waals surface area contributed by atoms with Crippen LogP contribution in [0.2, 0.25) is 10.0 Å². The topological polar surface area (TPSA) is 15.3 Å². The third-order valence-electron chi connectivity index (χ3n) is 3.30. The predicted octanol–water partition coefficient (Wildman–Crippen LogP) is 4.43. The van der Waals surface area contributed by atoms with Crippen molar-refractivity contribution in [1.82, 2.24) is 0 Å². The highest BCUT2D eigenvalue weighted by Crippen LogP contribution is 2.30. The predicted molar refractivity (Wildman–Crippen MR) is 82.4 cm³/mol. The smallest absolute Gasteiger partial charge is 0.0605 e. The van der Waals surface area contributed by atoms with Gasteiger partial charge in [0.15, 0.2) is 0 Å². The van der Waals surface area contributed by atoms with Gasteiger partial charge in [-0.25, -0.2) is 0 Å². The lowest BCUT2D eigenvalue weighted by atomic mass is 10.1. The van der Waals surface area contributed by atoms with E-state index >= 15 is 0 Å². The van der Waals surface area contributed by atoms with Crippen LogP contribution in [0.5, 0.6) is 0 Å². The van der Waals surface area contributed by atoms with E-state index in [0.717, 1.165) is 19.6 Å². The number of hydrogen-bond acceptors (Lipinski definition) is 2. The van der Waals surface area contributed by atoms with Crippen LogP contribution in [0.15, 0.2) is 42.5 Å². The van der Waals surface area contributed by atoms with Crippen molar-refractivity contribution >= 4 is 34.6 Å². The molecule has 1 N–H and O–H groups in total. The van der Waals surface area contributed by atoms with Crippen molar-refractivity contribution in [3.63, 3.8) is 0 Å². The van der Waals surface area contributed by atoms with Crippen LogP contribution in [0, 0.1) is 0 Å². The van der Waals surface area contributed by atoms with Crippen molar-refractivity contribution in [1.29, 1.82) is 0 Å². The molecule has 0 radical (unpaired) electrons. The molecule has 0 aromatic heterocycles. The van der Waals surface area contributed by atoms with Gasteiger partial charge in [-0.1, -0.05) is 41.4 Å². The Morgan fingerprint density at radius 2 is 1.89 bits per heavy atom. The van der Waals surface area contributed by atoms with Crippen molar-refractivity contribution < 1.29 is 0 Å². The molecule has 2 nitrogen and oxygen atoms in total. The number of hydrogen-bond donors (Lipinski definition) is 1. The molecule has 0 atom stereocenters. The van der Waals surface area contributed by atoms with Gasteiger partial charge in [0.2, 0.25) is 0 Å². The molecule has 0 unspecified atom stereocenters. The molecule has 0 amide bonds. The molecule has 4 heteroatoms. The third-order valence-corrected chi connectivity index (χ3v) is 4.04. The maximum absolute atomic E-state index is 6.07. The molecule has 2 aromatic rings. The summed E-state index contributed by atoms with van der Waals surface area (Å²) in [7, 11) is 0. The zero-order valence-corrected chi connectivity index (χ0v) is 11.9. The van der Waals surface area contributed by atoms with Crippen LogP contribution in [0.3, 0.4) is 0 Å². The molecule has 1 aliphatic heterocycles. The quantitative estimate of drug-likeness (QED) is 0.881. The second-order valence-electron chi connectivity index (χ2n) is 4.61. The highest BCUT2D eigenvalue weighted by atomic mass is 35.5. The number of rotatable bonds is 2. The minimum Gasteiger partial charge on any atom is -0.382 e. The lowest BCUT2D eigenvalue weighted by molar-refractivity contribution is 0.787. The number of nitrogens with one attached hydrogen (secondary N) is 1. The van der Waals surface area contributed by atoms with E-state index in [-0.39, 0.29) is 0 Å². The van der Waals surface area contributed by atoms with E-state index in [0.29, 0.717) is 10.0 Å². The van der Waals surface area contributed by atoms with Crippen molar-refractivity contribution in [2.24, 2.45) is 0 Å². The van der Waals surface area contributed by atoms with Crippen LogP contribution >= 0.6 is 23.2 Å². The number of fused-ring (bicyclic) bond motifs is 1. The van der Waals surface area contributed by atoms with Gasteiger partial charge in [-0.2, -0.15) is 0 Å². The fourth-order valence-electron chi connectivity index (χ4n) is 2.37. The zero-order valence-electron chi connectivity index (χ0n) is 10.4. The molecule has 3 rings (SSSR count). The molecule has 0 fully saturated rings. The summed E-state index contributed by atoms with van der Waals surface area (Å²) in [4.78, 5) is 2.35. The highest BCUT2D eigenvalue weighted by molar-refractivity contribution is 6.42. The first-order chi connectivity index (χ1) is 9.24. The van der Waals surface area contributed by atoms with E-state index in [1.54, 1.807) is 0 Å². The van der Waals surface area contributed by atoms with Gasteiger partial charge >= 0.3 is 0 Å². The summed E-state index contributed by atoms with van der Waals surface area (Å²) in [5.74, 6) is 0. The van der Waals surface area contributed by atoms with E-state index in [2.05, 4.69) is 34.5 Å². The number of halogens is 2. The monoisotopic (exact) mass is 292 g/mol. The van der Waals surface area contributed by atoms with E-state index in [4.69, 9.17) is 23.2 Å². The van der Waals surface area contributed by atoms with Crippen LogP contribution < -0.4 is 10.2 Å². The average Bonchev–Trinajstić information content (AvgIpc) is 2.43. The van der Waals surface area contributed by atoms with Crippen LogP contribution in [0.4, 0.5) is 11.4 Å². The minimum absolute atomic E-state index is 0.603. The molecule has 1 heterocycles. The van der Waals surface area contributed by atoms with Crippen molar-refractivity contribution in [2.45, 2.75) is 6.54 Å². The molecule has 0 spiro atoms. The average molecular weight is 293 g/mol. The van der Waals surface area contributed by atoms with Gasteiger partial charge in [0, 0.05) is 19.6 Å². The van der Waals surface area contributed by atoms with Crippen LogP contribution in [-0.2, 0) is 6.54 Å². The van der Waals surface area contributed by atoms with Crippen molar-refractivity contribution in [2.75, 3.05) is 23.3 Å². The Labute approximate surface area is 122 Å². The second kappa shape index (κ2) is 5.32. The van der Waals surface area contributed by atoms with Gasteiger partial charge < -0.3 is 10.2 Å². The summed E-state index contributed by atoms with van der Waals surface area (Å²) in [6, 6.07) is 14.2. The molecule has 19 heavy (non-hydrogen) atoms. The van der Waals surface area contributed by atoms with Crippen LogP contribution in [0.25, 0.3) is 0 Å². The number of anilines is 2. The van der Waals surface area contributed by atoms with E-state index in [9.17, 15) is 0 Å². The van der Waals surface area contributed by atoms with Gasteiger partial charge in [-0.05, 0) is 29.8 Å². The largest absolute Gasteiger partial charge is 0.382 e.